The third-order valence-electron chi connectivity index (χ3n) is 2.77. The van der Waals surface area contributed by atoms with E-state index in [2.05, 4.69) is 32.0 Å². The lowest BCUT2D eigenvalue weighted by atomic mass is 10.1. The van der Waals surface area contributed by atoms with Gasteiger partial charge in [0, 0.05) is 21.1 Å². The number of benzene rings is 1. The summed E-state index contributed by atoms with van der Waals surface area (Å²) in [6, 6.07) is 6.86. The van der Waals surface area contributed by atoms with Gasteiger partial charge in [-0.2, -0.15) is 0 Å². The molecule has 3 heteroatoms. The maximum Gasteiger partial charge on any atom is 0.0273 e. The highest BCUT2D eigenvalue weighted by atomic mass is 32.2. The van der Waals surface area contributed by atoms with Gasteiger partial charge in [0.05, 0.1) is 0 Å². The van der Waals surface area contributed by atoms with E-state index < -0.39 is 0 Å². The Bertz CT molecular complexity index is 374. The predicted molar refractivity (Wildman–Crippen MR) is 74.5 cm³/mol. The maximum absolute atomic E-state index is 5.77. The van der Waals surface area contributed by atoms with Crippen LogP contribution in [0.4, 0.5) is 0 Å². The van der Waals surface area contributed by atoms with Crippen molar-refractivity contribution in [3.05, 3.63) is 23.8 Å². The van der Waals surface area contributed by atoms with Gasteiger partial charge >= 0.3 is 0 Å². The number of hydrogen-bond donors (Lipinski definition) is 1. The molecule has 1 aromatic rings. The molecule has 0 spiro atoms. The fourth-order valence-corrected chi connectivity index (χ4v) is 3.84. The molecule has 0 radical (unpaired) electrons. The molecule has 0 saturated heterocycles. The third kappa shape index (κ3) is 2.96. The molecule has 1 aliphatic rings. The number of nitrogens with two attached hydrogens (primary N) is 1. The smallest absolute Gasteiger partial charge is 0.0273 e. The van der Waals surface area contributed by atoms with E-state index in [-0.39, 0.29) is 4.75 Å². The minimum atomic E-state index is 0.135. The average molecular weight is 253 g/mol. The normalized spacial score (nSPS) is 15.9. The summed E-state index contributed by atoms with van der Waals surface area (Å²) in [6.07, 6.45) is 2.55. The van der Waals surface area contributed by atoms with Crippen LogP contribution in [0.25, 0.3) is 0 Å². The number of fused-ring (bicyclic) bond motifs is 1. The molecule has 0 aliphatic carbocycles. The second-order valence-corrected chi connectivity index (χ2v) is 7.70. The van der Waals surface area contributed by atoms with Crippen molar-refractivity contribution in [3.63, 3.8) is 0 Å². The van der Waals surface area contributed by atoms with Gasteiger partial charge in [-0.25, -0.2) is 0 Å². The lowest BCUT2D eigenvalue weighted by Crippen LogP contribution is -2.26. The van der Waals surface area contributed by atoms with Crippen LogP contribution >= 0.6 is 23.5 Å². The summed E-state index contributed by atoms with van der Waals surface area (Å²) in [7, 11) is 0. The first-order valence-corrected chi connectivity index (χ1v) is 7.56. The molecule has 2 rings (SSSR count). The van der Waals surface area contributed by atoms with Crippen molar-refractivity contribution in [1.29, 1.82) is 0 Å². The van der Waals surface area contributed by atoms with Crippen LogP contribution in [-0.2, 0) is 6.42 Å². The van der Waals surface area contributed by atoms with Crippen molar-refractivity contribution in [2.24, 2.45) is 5.73 Å². The third-order valence-corrected chi connectivity index (χ3v) is 5.18. The van der Waals surface area contributed by atoms with Crippen molar-refractivity contribution in [2.75, 3.05) is 12.3 Å². The molecule has 0 bridgehead atoms. The van der Waals surface area contributed by atoms with Crippen molar-refractivity contribution < 1.29 is 0 Å². The Balaban J connectivity index is 2.17. The molecule has 88 valence electrons. The van der Waals surface area contributed by atoms with Gasteiger partial charge in [0.15, 0.2) is 0 Å². The van der Waals surface area contributed by atoms with Gasteiger partial charge in [-0.3, -0.25) is 0 Å². The summed E-state index contributed by atoms with van der Waals surface area (Å²) in [5.74, 6) is 1.27. The van der Waals surface area contributed by atoms with Crippen LogP contribution in [0.2, 0.25) is 0 Å². The van der Waals surface area contributed by atoms with E-state index >= 15 is 0 Å². The Kier molecular flexibility index (Phi) is 3.88. The lowest BCUT2D eigenvalue weighted by Gasteiger charge is -2.23. The SMILES string of the molecule is CC(C)(CN)Sc1ccc2c(c1)CCCS2. The van der Waals surface area contributed by atoms with Crippen LogP contribution in [-0.4, -0.2) is 17.0 Å². The minimum absolute atomic E-state index is 0.135. The number of aryl methyl sites for hydroxylation is 1. The molecule has 0 saturated carbocycles. The van der Waals surface area contributed by atoms with Crippen molar-refractivity contribution in [1.82, 2.24) is 0 Å². The molecule has 1 heterocycles. The van der Waals surface area contributed by atoms with Gasteiger partial charge in [-0.1, -0.05) is 0 Å². The van der Waals surface area contributed by atoms with E-state index in [4.69, 9.17) is 5.73 Å². The Labute approximate surface area is 107 Å². The first-order valence-electron chi connectivity index (χ1n) is 5.75. The molecule has 0 aromatic heterocycles. The monoisotopic (exact) mass is 253 g/mol. The highest BCUT2D eigenvalue weighted by molar-refractivity contribution is 8.00. The van der Waals surface area contributed by atoms with Gasteiger partial charge in [0.25, 0.3) is 0 Å². The summed E-state index contributed by atoms with van der Waals surface area (Å²) < 4.78 is 0.135. The quantitative estimate of drug-likeness (QED) is 0.834. The van der Waals surface area contributed by atoms with Crippen LogP contribution in [0, 0.1) is 0 Å². The van der Waals surface area contributed by atoms with Crippen LogP contribution in [0.1, 0.15) is 25.8 Å². The van der Waals surface area contributed by atoms with Crippen molar-refractivity contribution in [2.45, 2.75) is 41.2 Å². The largest absolute Gasteiger partial charge is 0.329 e. The fourth-order valence-electron chi connectivity index (χ4n) is 1.76. The number of rotatable bonds is 3. The molecule has 0 amide bonds. The van der Waals surface area contributed by atoms with Gasteiger partial charge in [0.2, 0.25) is 0 Å². The zero-order chi connectivity index (χ0) is 11.6. The maximum atomic E-state index is 5.77. The molecule has 0 fully saturated rings. The molecule has 2 N–H and O–H groups in total. The van der Waals surface area contributed by atoms with Gasteiger partial charge in [-0.05, 0) is 56.2 Å². The van der Waals surface area contributed by atoms with Gasteiger partial charge < -0.3 is 5.73 Å². The Morgan fingerprint density at radius 2 is 2.25 bits per heavy atom. The molecule has 0 atom stereocenters. The molecule has 1 nitrogen and oxygen atoms in total. The van der Waals surface area contributed by atoms with E-state index in [9.17, 15) is 0 Å². The van der Waals surface area contributed by atoms with E-state index in [0.717, 1.165) is 0 Å². The van der Waals surface area contributed by atoms with Crippen LogP contribution in [0.15, 0.2) is 28.0 Å². The molecule has 16 heavy (non-hydrogen) atoms. The summed E-state index contributed by atoms with van der Waals surface area (Å²) in [4.78, 5) is 2.83. The van der Waals surface area contributed by atoms with E-state index in [0.29, 0.717) is 6.54 Å². The second kappa shape index (κ2) is 5.03. The average Bonchev–Trinajstić information content (AvgIpc) is 2.28. The van der Waals surface area contributed by atoms with E-state index in [1.54, 1.807) is 0 Å². The topological polar surface area (TPSA) is 26.0 Å². The first kappa shape index (κ1) is 12.3. The highest BCUT2D eigenvalue weighted by Crippen LogP contribution is 2.36. The van der Waals surface area contributed by atoms with E-state index in [1.807, 2.05) is 23.5 Å². The predicted octanol–water partition coefficient (Wildman–Crippen LogP) is 3.55. The molecular formula is C13H19NS2. The summed E-state index contributed by atoms with van der Waals surface area (Å²) in [5.41, 5.74) is 7.29. The highest BCUT2D eigenvalue weighted by Gasteiger charge is 2.18. The van der Waals surface area contributed by atoms with Gasteiger partial charge in [0.1, 0.15) is 0 Å². The van der Waals surface area contributed by atoms with Crippen molar-refractivity contribution in [3.8, 4) is 0 Å². The first-order chi connectivity index (χ1) is 7.61. The minimum Gasteiger partial charge on any atom is -0.329 e. The lowest BCUT2D eigenvalue weighted by molar-refractivity contribution is 0.722. The van der Waals surface area contributed by atoms with Crippen LogP contribution in [0.5, 0.6) is 0 Å². The Hall–Kier alpha value is -0.120. The van der Waals surface area contributed by atoms with Crippen LogP contribution < -0.4 is 5.73 Å². The summed E-state index contributed by atoms with van der Waals surface area (Å²) >= 11 is 3.87. The summed E-state index contributed by atoms with van der Waals surface area (Å²) in [6.45, 7) is 5.11. The fraction of sp³-hybridized carbons (Fsp3) is 0.538. The van der Waals surface area contributed by atoms with Crippen molar-refractivity contribution >= 4 is 23.5 Å². The standard InChI is InChI=1S/C13H19NS2/c1-13(2,9-14)16-11-5-6-12-10(8-11)4-3-7-15-12/h5-6,8H,3-4,7,9,14H2,1-2H3. The molecule has 0 unspecified atom stereocenters. The Morgan fingerprint density at radius 1 is 1.44 bits per heavy atom. The second-order valence-electron chi connectivity index (χ2n) is 4.79. The van der Waals surface area contributed by atoms with E-state index in [1.165, 1.54) is 33.9 Å². The molecule has 1 aliphatic heterocycles. The number of thioether (sulfide) groups is 2. The molecular weight excluding hydrogens is 234 g/mol. The zero-order valence-electron chi connectivity index (χ0n) is 9.95. The van der Waals surface area contributed by atoms with Gasteiger partial charge in [-0.15, -0.1) is 23.5 Å². The zero-order valence-corrected chi connectivity index (χ0v) is 11.6. The number of hydrogen-bond acceptors (Lipinski definition) is 3. The molecule has 1 aromatic carbocycles. The van der Waals surface area contributed by atoms with Crippen LogP contribution in [0.3, 0.4) is 0 Å². The summed E-state index contributed by atoms with van der Waals surface area (Å²) in [5, 5.41) is 0. The Morgan fingerprint density at radius 3 is 3.00 bits per heavy atom.